The molecule has 1 heterocycles. The first-order valence-electron chi connectivity index (χ1n) is 6.57. The van der Waals surface area contributed by atoms with E-state index in [4.69, 9.17) is 22.5 Å². The molecular formula is C15H17ClN4O. The Balaban J connectivity index is 2.38. The van der Waals surface area contributed by atoms with E-state index in [1.165, 1.54) is 0 Å². The molecule has 110 valence electrons. The van der Waals surface area contributed by atoms with E-state index >= 15 is 0 Å². The van der Waals surface area contributed by atoms with Crippen LogP contribution in [0.15, 0.2) is 47.9 Å². The highest BCUT2D eigenvalue weighted by Crippen LogP contribution is 2.25. The molecule has 0 unspecified atom stereocenters. The van der Waals surface area contributed by atoms with Crippen LogP contribution in [0.25, 0.3) is 0 Å². The molecule has 1 aromatic carbocycles. The highest BCUT2D eigenvalue weighted by atomic mass is 35.5. The Hall–Kier alpha value is -2.27. The average molecular weight is 305 g/mol. The van der Waals surface area contributed by atoms with Crippen LogP contribution >= 0.6 is 11.6 Å². The summed E-state index contributed by atoms with van der Waals surface area (Å²) in [5.74, 6) is 0.0423. The maximum atomic E-state index is 8.94. The van der Waals surface area contributed by atoms with Crippen molar-refractivity contribution in [3.8, 4) is 0 Å². The molecule has 2 rings (SSSR count). The number of anilines is 1. The Morgan fingerprint density at radius 3 is 2.67 bits per heavy atom. The Kier molecular flexibility index (Phi) is 5.00. The van der Waals surface area contributed by atoms with Gasteiger partial charge in [0.05, 0.1) is 0 Å². The minimum absolute atomic E-state index is 0.0423. The van der Waals surface area contributed by atoms with Crippen molar-refractivity contribution in [2.24, 2.45) is 10.9 Å². The largest absolute Gasteiger partial charge is 0.409 e. The van der Waals surface area contributed by atoms with Crippen molar-refractivity contribution in [1.29, 1.82) is 0 Å². The first-order valence-corrected chi connectivity index (χ1v) is 6.94. The minimum Gasteiger partial charge on any atom is -0.409 e. The summed E-state index contributed by atoms with van der Waals surface area (Å²) in [4.78, 5) is 6.14. The summed E-state index contributed by atoms with van der Waals surface area (Å²) in [7, 11) is 0. The lowest BCUT2D eigenvalue weighted by molar-refractivity contribution is 0.318. The average Bonchev–Trinajstić information content (AvgIpc) is 2.53. The third-order valence-electron chi connectivity index (χ3n) is 3.19. The van der Waals surface area contributed by atoms with Gasteiger partial charge in [0.1, 0.15) is 0 Å². The van der Waals surface area contributed by atoms with Gasteiger partial charge in [0.2, 0.25) is 0 Å². The van der Waals surface area contributed by atoms with E-state index in [1.54, 1.807) is 24.5 Å². The van der Waals surface area contributed by atoms with Gasteiger partial charge in [-0.1, -0.05) is 16.8 Å². The summed E-state index contributed by atoms with van der Waals surface area (Å²) in [6.07, 6.45) is 3.52. The molecule has 0 saturated carbocycles. The number of hydrogen-bond donors (Lipinski definition) is 2. The van der Waals surface area contributed by atoms with Crippen molar-refractivity contribution in [2.75, 3.05) is 11.4 Å². The molecule has 0 radical (unpaired) electrons. The van der Waals surface area contributed by atoms with Crippen molar-refractivity contribution >= 4 is 23.1 Å². The fourth-order valence-electron chi connectivity index (χ4n) is 2.12. The van der Waals surface area contributed by atoms with Gasteiger partial charge in [-0.25, -0.2) is 0 Å². The second kappa shape index (κ2) is 6.95. The van der Waals surface area contributed by atoms with Crippen LogP contribution in [0.2, 0.25) is 5.02 Å². The number of halogens is 1. The smallest absolute Gasteiger partial charge is 0.172 e. The Morgan fingerprint density at radius 1 is 1.33 bits per heavy atom. The first-order chi connectivity index (χ1) is 10.2. The van der Waals surface area contributed by atoms with Gasteiger partial charge in [-0.15, -0.1) is 0 Å². The maximum Gasteiger partial charge on any atom is 0.172 e. The predicted octanol–water partition coefficient (Wildman–Crippen LogP) is 2.86. The lowest BCUT2D eigenvalue weighted by atomic mass is 10.1. The lowest BCUT2D eigenvalue weighted by Gasteiger charge is -2.25. The summed E-state index contributed by atoms with van der Waals surface area (Å²) in [6.45, 7) is 3.52. The molecule has 0 bridgehead atoms. The van der Waals surface area contributed by atoms with Crippen molar-refractivity contribution < 1.29 is 5.21 Å². The molecule has 6 heteroatoms. The molecule has 1 aromatic heterocycles. The number of benzene rings is 1. The van der Waals surface area contributed by atoms with Gasteiger partial charge in [-0.2, -0.15) is 0 Å². The van der Waals surface area contributed by atoms with E-state index in [-0.39, 0.29) is 5.84 Å². The summed E-state index contributed by atoms with van der Waals surface area (Å²) in [5.41, 5.74) is 8.37. The zero-order chi connectivity index (χ0) is 15.2. The van der Waals surface area contributed by atoms with Crippen molar-refractivity contribution in [2.45, 2.75) is 13.5 Å². The topological polar surface area (TPSA) is 74.7 Å². The van der Waals surface area contributed by atoms with Crippen molar-refractivity contribution in [1.82, 2.24) is 4.98 Å². The summed E-state index contributed by atoms with van der Waals surface area (Å²) in [5, 5.41) is 12.6. The van der Waals surface area contributed by atoms with E-state index < -0.39 is 0 Å². The van der Waals surface area contributed by atoms with E-state index in [0.29, 0.717) is 17.1 Å². The number of oxime groups is 1. The number of nitrogens with zero attached hydrogens (tertiary/aromatic N) is 3. The maximum absolute atomic E-state index is 8.94. The van der Waals surface area contributed by atoms with E-state index in [2.05, 4.69) is 15.0 Å². The van der Waals surface area contributed by atoms with Gasteiger partial charge >= 0.3 is 0 Å². The molecule has 0 spiro atoms. The fourth-order valence-corrected chi connectivity index (χ4v) is 2.29. The third-order valence-corrected chi connectivity index (χ3v) is 3.42. The molecule has 0 saturated heterocycles. The molecule has 3 N–H and O–H groups in total. The van der Waals surface area contributed by atoms with Crippen LogP contribution in [0.5, 0.6) is 0 Å². The number of nitrogens with two attached hydrogens (primary N) is 1. The van der Waals surface area contributed by atoms with Crippen LogP contribution in [0, 0.1) is 0 Å². The van der Waals surface area contributed by atoms with Crippen molar-refractivity contribution in [3.63, 3.8) is 0 Å². The molecule has 5 nitrogen and oxygen atoms in total. The zero-order valence-electron chi connectivity index (χ0n) is 11.7. The molecule has 0 aliphatic heterocycles. The van der Waals surface area contributed by atoms with Gasteiger partial charge in [-0.3, -0.25) is 4.98 Å². The molecule has 0 fully saturated rings. The van der Waals surface area contributed by atoms with E-state index in [1.807, 2.05) is 25.1 Å². The van der Waals surface area contributed by atoms with Crippen LogP contribution in [0.3, 0.4) is 0 Å². The zero-order valence-corrected chi connectivity index (χ0v) is 12.5. The van der Waals surface area contributed by atoms with Gasteiger partial charge in [0.25, 0.3) is 0 Å². The second-order valence-electron chi connectivity index (χ2n) is 4.52. The van der Waals surface area contributed by atoms with Crippen molar-refractivity contribution in [3.05, 3.63) is 58.9 Å². The minimum atomic E-state index is 0.0423. The molecule has 0 amide bonds. The highest BCUT2D eigenvalue weighted by Gasteiger charge is 2.14. The van der Waals surface area contributed by atoms with Gasteiger partial charge in [0.15, 0.2) is 5.84 Å². The number of pyridine rings is 1. The number of hydrogen-bond acceptors (Lipinski definition) is 4. The molecule has 2 aromatic rings. The highest BCUT2D eigenvalue weighted by molar-refractivity contribution is 6.31. The normalized spacial score (nSPS) is 11.4. The van der Waals surface area contributed by atoms with Crippen LogP contribution in [-0.4, -0.2) is 22.6 Å². The number of amidine groups is 1. The SMILES string of the molecule is CCN(Cc1ccncc1)c1ccc(Cl)cc1C(N)=NO. The summed E-state index contributed by atoms with van der Waals surface area (Å²) >= 11 is 6.01. The number of rotatable bonds is 5. The standard InChI is InChI=1S/C15H17ClN4O/c1-2-20(10-11-5-7-18-8-6-11)14-4-3-12(16)9-13(14)15(17)19-21/h3-9,21H,2,10H2,1H3,(H2,17,19). The van der Waals surface area contributed by atoms with Crippen LogP contribution < -0.4 is 10.6 Å². The molecule has 0 atom stereocenters. The van der Waals surface area contributed by atoms with Crippen LogP contribution in [0.4, 0.5) is 5.69 Å². The van der Waals surface area contributed by atoms with Crippen LogP contribution in [0.1, 0.15) is 18.1 Å². The first kappa shape index (κ1) is 15.1. The number of aromatic nitrogens is 1. The molecular weight excluding hydrogens is 288 g/mol. The quantitative estimate of drug-likeness (QED) is 0.385. The summed E-state index contributed by atoms with van der Waals surface area (Å²) < 4.78 is 0. The Bertz CT molecular complexity index is 631. The van der Waals surface area contributed by atoms with Gasteiger partial charge < -0.3 is 15.8 Å². The monoisotopic (exact) mass is 304 g/mol. The second-order valence-corrected chi connectivity index (χ2v) is 4.95. The molecule has 21 heavy (non-hydrogen) atoms. The lowest BCUT2D eigenvalue weighted by Crippen LogP contribution is -2.26. The Labute approximate surface area is 128 Å². The Morgan fingerprint density at radius 2 is 2.05 bits per heavy atom. The molecule has 0 aliphatic rings. The predicted molar refractivity (Wildman–Crippen MR) is 84.9 cm³/mol. The third kappa shape index (κ3) is 3.64. The van der Waals surface area contributed by atoms with Crippen LogP contribution in [-0.2, 0) is 6.54 Å². The van der Waals surface area contributed by atoms with Gasteiger partial charge in [-0.05, 0) is 42.8 Å². The van der Waals surface area contributed by atoms with E-state index in [0.717, 1.165) is 17.8 Å². The summed E-state index contributed by atoms with van der Waals surface area (Å²) in [6, 6.07) is 9.28. The fraction of sp³-hybridized carbons (Fsp3) is 0.200. The van der Waals surface area contributed by atoms with E-state index in [9.17, 15) is 0 Å². The van der Waals surface area contributed by atoms with Gasteiger partial charge in [0, 0.05) is 41.8 Å². The molecule has 0 aliphatic carbocycles.